The van der Waals surface area contributed by atoms with Crippen molar-refractivity contribution in [3.8, 4) is 0 Å². The molecule has 2 aromatic carbocycles. The van der Waals surface area contributed by atoms with Crippen molar-refractivity contribution < 1.29 is 4.79 Å². The summed E-state index contributed by atoms with van der Waals surface area (Å²) in [4.78, 5) is 18.2. The van der Waals surface area contributed by atoms with Crippen molar-refractivity contribution in [2.75, 3.05) is 14.1 Å². The molecule has 1 aliphatic rings. The first-order valence-electron chi connectivity index (χ1n) is 10.6. The zero-order valence-corrected chi connectivity index (χ0v) is 17.4. The van der Waals surface area contributed by atoms with E-state index < -0.39 is 0 Å². The monoisotopic (exact) mass is 389 g/mol. The lowest BCUT2D eigenvalue weighted by Crippen LogP contribution is -2.44. The maximum atomic E-state index is 12.6. The van der Waals surface area contributed by atoms with E-state index in [1.807, 2.05) is 18.3 Å². The second-order valence-corrected chi connectivity index (χ2v) is 8.58. The minimum atomic E-state index is 0.0955. The van der Waals surface area contributed by atoms with Gasteiger partial charge in [-0.05, 0) is 62.9 Å². The van der Waals surface area contributed by atoms with Gasteiger partial charge in [0.25, 0.3) is 0 Å². The molecular weight excluding hydrogens is 358 g/mol. The number of hydrogen-bond acceptors (Lipinski definition) is 2. The van der Waals surface area contributed by atoms with E-state index in [0.29, 0.717) is 18.9 Å². The number of nitrogens with one attached hydrogen (secondary N) is 2. The predicted molar refractivity (Wildman–Crippen MR) is 119 cm³/mol. The molecule has 1 saturated carbocycles. The van der Waals surface area contributed by atoms with Gasteiger partial charge in [0.15, 0.2) is 0 Å². The van der Waals surface area contributed by atoms with Crippen molar-refractivity contribution in [2.24, 2.45) is 5.92 Å². The number of fused-ring (bicyclic) bond motifs is 1. The largest absolute Gasteiger partial charge is 0.361 e. The molecule has 0 unspecified atom stereocenters. The first-order chi connectivity index (χ1) is 14.1. The highest BCUT2D eigenvalue weighted by molar-refractivity contribution is 5.84. The minimum absolute atomic E-state index is 0.0955. The molecule has 1 amide bonds. The molecule has 0 radical (unpaired) electrons. The fourth-order valence-electron chi connectivity index (χ4n) is 4.91. The average Bonchev–Trinajstić information content (AvgIpc) is 3.16. The fraction of sp³-hybridized carbons (Fsp3) is 0.400. The summed E-state index contributed by atoms with van der Waals surface area (Å²) in [7, 11) is 4.36. The standard InChI is InChI=1S/C25H31N3O/c1-28(2)25(21-8-4-3-5-9-21)14-12-19(13-15-25)16-24(29)27-18-20-17-26-23-11-7-6-10-22(20)23/h3-11,17,19,26H,12-16,18H2,1-2H3,(H,27,29). The highest BCUT2D eigenvalue weighted by atomic mass is 16.1. The molecular formula is C25H31N3O. The summed E-state index contributed by atoms with van der Waals surface area (Å²) < 4.78 is 0. The van der Waals surface area contributed by atoms with Gasteiger partial charge in [0, 0.05) is 35.6 Å². The number of aromatic nitrogens is 1. The predicted octanol–water partition coefficient (Wildman–Crippen LogP) is 4.82. The smallest absolute Gasteiger partial charge is 0.220 e. The number of aromatic amines is 1. The maximum absolute atomic E-state index is 12.6. The number of H-pyrrole nitrogens is 1. The van der Waals surface area contributed by atoms with Gasteiger partial charge in [-0.15, -0.1) is 0 Å². The molecule has 4 heteroatoms. The summed E-state index contributed by atoms with van der Waals surface area (Å²) in [5, 5.41) is 4.31. The second kappa shape index (κ2) is 8.42. The van der Waals surface area contributed by atoms with Crippen molar-refractivity contribution >= 4 is 16.8 Å². The molecule has 2 N–H and O–H groups in total. The Labute approximate surface area is 173 Å². The molecule has 0 aliphatic heterocycles. The van der Waals surface area contributed by atoms with Crippen LogP contribution in [0.1, 0.15) is 43.2 Å². The topological polar surface area (TPSA) is 48.1 Å². The fourth-order valence-corrected chi connectivity index (χ4v) is 4.91. The van der Waals surface area contributed by atoms with Crippen LogP contribution in [0.2, 0.25) is 0 Å². The Hall–Kier alpha value is -2.59. The van der Waals surface area contributed by atoms with Gasteiger partial charge < -0.3 is 10.3 Å². The number of carbonyl (C=O) groups is 1. The Bertz CT molecular complexity index is 952. The molecule has 0 atom stereocenters. The number of carbonyl (C=O) groups excluding carboxylic acids is 1. The summed E-state index contributed by atoms with van der Waals surface area (Å²) in [5.41, 5.74) is 3.75. The van der Waals surface area contributed by atoms with Crippen LogP contribution in [0.4, 0.5) is 0 Å². The lowest BCUT2D eigenvalue weighted by molar-refractivity contribution is -0.122. The van der Waals surface area contributed by atoms with E-state index in [0.717, 1.165) is 36.8 Å². The number of para-hydroxylation sites is 1. The highest BCUT2D eigenvalue weighted by Crippen LogP contribution is 2.43. The zero-order chi connectivity index (χ0) is 20.3. The van der Waals surface area contributed by atoms with Gasteiger partial charge in [0.2, 0.25) is 5.91 Å². The number of hydrogen-bond donors (Lipinski definition) is 2. The van der Waals surface area contributed by atoms with E-state index >= 15 is 0 Å². The van der Waals surface area contributed by atoms with Crippen LogP contribution in [-0.4, -0.2) is 29.9 Å². The van der Waals surface area contributed by atoms with Crippen molar-refractivity contribution in [1.29, 1.82) is 0 Å². The summed E-state index contributed by atoms with van der Waals surface area (Å²) in [6, 6.07) is 19.0. The molecule has 0 saturated heterocycles. The Kier molecular flexibility index (Phi) is 5.72. The zero-order valence-electron chi connectivity index (χ0n) is 17.4. The highest BCUT2D eigenvalue weighted by Gasteiger charge is 2.38. The molecule has 3 aromatic rings. The molecule has 4 nitrogen and oxygen atoms in total. The molecule has 0 bridgehead atoms. The Morgan fingerprint density at radius 1 is 1.07 bits per heavy atom. The van der Waals surface area contributed by atoms with Crippen molar-refractivity contribution in [3.05, 3.63) is 71.9 Å². The van der Waals surface area contributed by atoms with Crippen LogP contribution in [0, 0.1) is 5.92 Å². The molecule has 0 spiro atoms. The lowest BCUT2D eigenvalue weighted by Gasteiger charge is -2.45. The van der Waals surface area contributed by atoms with Gasteiger partial charge in [-0.1, -0.05) is 48.5 Å². The van der Waals surface area contributed by atoms with Crippen LogP contribution in [-0.2, 0) is 16.9 Å². The maximum Gasteiger partial charge on any atom is 0.220 e. The SMILES string of the molecule is CN(C)C1(c2ccccc2)CCC(CC(=O)NCc2c[nH]c3ccccc23)CC1. The van der Waals surface area contributed by atoms with Crippen molar-refractivity contribution in [3.63, 3.8) is 0 Å². The van der Waals surface area contributed by atoms with Gasteiger partial charge in [0.05, 0.1) is 0 Å². The van der Waals surface area contributed by atoms with E-state index in [1.165, 1.54) is 10.9 Å². The first kappa shape index (κ1) is 19.7. The van der Waals surface area contributed by atoms with Crippen LogP contribution < -0.4 is 5.32 Å². The third kappa shape index (κ3) is 4.08. The third-order valence-corrected chi connectivity index (χ3v) is 6.72. The van der Waals surface area contributed by atoms with E-state index in [-0.39, 0.29) is 11.4 Å². The second-order valence-electron chi connectivity index (χ2n) is 8.58. The minimum Gasteiger partial charge on any atom is -0.361 e. The Morgan fingerprint density at radius 2 is 1.76 bits per heavy atom. The van der Waals surface area contributed by atoms with Gasteiger partial charge in [-0.25, -0.2) is 0 Å². The molecule has 1 fully saturated rings. The van der Waals surface area contributed by atoms with Crippen LogP contribution in [0.3, 0.4) is 0 Å². The summed E-state index contributed by atoms with van der Waals surface area (Å²) in [6.07, 6.45) is 7.01. The Morgan fingerprint density at radius 3 is 2.48 bits per heavy atom. The summed E-state index contributed by atoms with van der Waals surface area (Å²) in [5.74, 6) is 0.632. The van der Waals surface area contributed by atoms with E-state index in [2.05, 4.69) is 71.8 Å². The van der Waals surface area contributed by atoms with Crippen LogP contribution in [0.25, 0.3) is 10.9 Å². The van der Waals surface area contributed by atoms with Crippen molar-refractivity contribution in [2.45, 2.75) is 44.2 Å². The van der Waals surface area contributed by atoms with E-state index in [9.17, 15) is 4.79 Å². The molecule has 1 aliphatic carbocycles. The molecule has 1 heterocycles. The number of rotatable bonds is 6. The van der Waals surface area contributed by atoms with Gasteiger partial charge in [0.1, 0.15) is 0 Å². The van der Waals surface area contributed by atoms with E-state index in [4.69, 9.17) is 0 Å². The number of nitrogens with zero attached hydrogens (tertiary/aromatic N) is 1. The van der Waals surface area contributed by atoms with Gasteiger partial charge in [-0.3, -0.25) is 9.69 Å². The summed E-state index contributed by atoms with van der Waals surface area (Å²) >= 11 is 0. The number of benzene rings is 2. The molecule has 4 rings (SSSR count). The first-order valence-corrected chi connectivity index (χ1v) is 10.6. The molecule has 1 aromatic heterocycles. The lowest BCUT2D eigenvalue weighted by atomic mass is 9.71. The third-order valence-electron chi connectivity index (χ3n) is 6.72. The van der Waals surface area contributed by atoms with E-state index in [1.54, 1.807) is 0 Å². The molecule has 29 heavy (non-hydrogen) atoms. The average molecular weight is 390 g/mol. The van der Waals surface area contributed by atoms with Crippen LogP contribution in [0.15, 0.2) is 60.8 Å². The summed E-state index contributed by atoms with van der Waals surface area (Å²) in [6.45, 7) is 0.585. The number of amides is 1. The quantitative estimate of drug-likeness (QED) is 0.635. The Balaban J connectivity index is 1.32. The normalized spacial score (nSPS) is 22.1. The van der Waals surface area contributed by atoms with Crippen LogP contribution in [0.5, 0.6) is 0 Å². The van der Waals surface area contributed by atoms with Crippen molar-refractivity contribution in [1.82, 2.24) is 15.2 Å². The van der Waals surface area contributed by atoms with Gasteiger partial charge in [-0.2, -0.15) is 0 Å². The van der Waals surface area contributed by atoms with Gasteiger partial charge >= 0.3 is 0 Å². The molecule has 152 valence electrons. The van der Waals surface area contributed by atoms with Crippen LogP contribution >= 0.6 is 0 Å².